The molecule has 8 nitrogen and oxygen atoms in total. The fraction of sp³-hybridized carbons (Fsp3) is 0.0909. The second-order valence-electron chi connectivity index (χ2n) is 3.97. The van der Waals surface area contributed by atoms with E-state index in [-0.39, 0.29) is 23.2 Å². The van der Waals surface area contributed by atoms with Crippen molar-refractivity contribution in [2.24, 2.45) is 0 Å². The van der Waals surface area contributed by atoms with E-state index in [4.69, 9.17) is 16.3 Å². The summed E-state index contributed by atoms with van der Waals surface area (Å²) in [4.78, 5) is 23.0. The fourth-order valence-electron chi connectivity index (χ4n) is 1.69. The lowest BCUT2D eigenvalue weighted by atomic mass is 10.2. The first kappa shape index (κ1) is 12.4. The highest BCUT2D eigenvalue weighted by molar-refractivity contribution is 6.34. The van der Waals surface area contributed by atoms with Crippen LogP contribution in [0.25, 0.3) is 0 Å². The number of nitrogens with one attached hydrogen (secondary N) is 3. The molecule has 20 heavy (non-hydrogen) atoms. The minimum absolute atomic E-state index is 0.0781. The van der Waals surface area contributed by atoms with Gasteiger partial charge in [-0.3, -0.25) is 9.59 Å². The van der Waals surface area contributed by atoms with E-state index in [2.05, 4.69) is 26.0 Å². The van der Waals surface area contributed by atoms with Crippen LogP contribution in [-0.4, -0.2) is 33.8 Å². The number of H-pyrrole nitrogens is 1. The van der Waals surface area contributed by atoms with Crippen molar-refractivity contribution in [3.63, 3.8) is 0 Å². The van der Waals surface area contributed by atoms with Crippen molar-refractivity contribution in [2.75, 3.05) is 17.2 Å². The fourth-order valence-corrected chi connectivity index (χ4v) is 1.90. The van der Waals surface area contributed by atoms with Crippen LogP contribution in [0.1, 0.15) is 10.5 Å². The van der Waals surface area contributed by atoms with Crippen LogP contribution in [0.3, 0.4) is 0 Å². The van der Waals surface area contributed by atoms with Gasteiger partial charge in [-0.15, -0.1) is 0 Å². The Morgan fingerprint density at radius 3 is 3.05 bits per heavy atom. The lowest BCUT2D eigenvalue weighted by Crippen LogP contribution is -2.25. The van der Waals surface area contributed by atoms with Crippen molar-refractivity contribution in [1.82, 2.24) is 15.4 Å². The zero-order chi connectivity index (χ0) is 14.1. The Kier molecular flexibility index (Phi) is 2.99. The molecule has 0 fully saturated rings. The van der Waals surface area contributed by atoms with Gasteiger partial charge in [0.2, 0.25) is 0 Å². The number of benzene rings is 1. The first-order chi connectivity index (χ1) is 9.63. The SMILES string of the molecule is O=C1COc2cc(NC(=O)c3cn[nH]n3)c(Cl)cc2N1. The first-order valence-corrected chi connectivity index (χ1v) is 5.94. The van der Waals surface area contributed by atoms with Gasteiger partial charge in [-0.05, 0) is 6.07 Å². The molecule has 0 radical (unpaired) electrons. The van der Waals surface area contributed by atoms with E-state index in [1.165, 1.54) is 18.3 Å². The summed E-state index contributed by atoms with van der Waals surface area (Å²) in [5, 5.41) is 15.0. The van der Waals surface area contributed by atoms with Crippen LogP contribution >= 0.6 is 11.6 Å². The van der Waals surface area contributed by atoms with E-state index in [1.54, 1.807) is 0 Å². The third kappa shape index (κ3) is 2.28. The van der Waals surface area contributed by atoms with Crippen molar-refractivity contribution in [1.29, 1.82) is 0 Å². The van der Waals surface area contributed by atoms with Crippen molar-refractivity contribution in [3.05, 3.63) is 29.0 Å². The molecule has 0 bridgehead atoms. The molecule has 1 aromatic carbocycles. The average Bonchev–Trinajstić information content (AvgIpc) is 2.94. The predicted molar refractivity (Wildman–Crippen MR) is 69.9 cm³/mol. The van der Waals surface area contributed by atoms with Gasteiger partial charge in [0, 0.05) is 6.07 Å². The quantitative estimate of drug-likeness (QED) is 0.766. The second kappa shape index (κ2) is 4.82. The molecule has 2 heterocycles. The smallest absolute Gasteiger partial charge is 0.277 e. The number of aromatic amines is 1. The van der Waals surface area contributed by atoms with Gasteiger partial charge in [0.05, 0.1) is 22.6 Å². The molecule has 9 heteroatoms. The van der Waals surface area contributed by atoms with E-state index < -0.39 is 5.91 Å². The van der Waals surface area contributed by atoms with Crippen LogP contribution < -0.4 is 15.4 Å². The lowest BCUT2D eigenvalue weighted by Gasteiger charge is -2.19. The number of halogens is 1. The standard InChI is InChI=1S/C11H8ClN5O3/c12-5-1-7-9(20-4-10(18)14-7)2-6(5)15-11(19)8-3-13-17-16-8/h1-3H,4H2,(H,14,18)(H,15,19)(H,13,16,17). The van der Waals surface area contributed by atoms with Crippen molar-refractivity contribution in [2.45, 2.75) is 0 Å². The summed E-state index contributed by atoms with van der Waals surface area (Å²) in [6.07, 6.45) is 1.29. The van der Waals surface area contributed by atoms with Gasteiger partial charge in [0.1, 0.15) is 5.75 Å². The molecule has 1 aromatic heterocycles. The molecule has 1 aliphatic heterocycles. The van der Waals surface area contributed by atoms with Gasteiger partial charge in [-0.25, -0.2) is 0 Å². The summed E-state index contributed by atoms with van der Waals surface area (Å²) in [6.45, 7) is -0.0781. The first-order valence-electron chi connectivity index (χ1n) is 5.57. The summed E-state index contributed by atoms with van der Waals surface area (Å²) >= 11 is 6.05. The molecule has 2 aromatic rings. The number of carbonyl (C=O) groups is 2. The minimum atomic E-state index is -0.458. The summed E-state index contributed by atoms with van der Waals surface area (Å²) in [5.74, 6) is -0.280. The third-order valence-electron chi connectivity index (χ3n) is 2.60. The Bertz CT molecular complexity index is 686. The highest BCUT2D eigenvalue weighted by atomic mass is 35.5. The van der Waals surface area contributed by atoms with Crippen molar-refractivity contribution >= 4 is 34.8 Å². The largest absolute Gasteiger partial charge is 0.482 e. The van der Waals surface area contributed by atoms with Crippen LogP contribution in [0, 0.1) is 0 Å². The number of nitrogens with zero attached hydrogens (tertiary/aromatic N) is 2. The van der Waals surface area contributed by atoms with Crippen LogP contribution in [0.2, 0.25) is 5.02 Å². The second-order valence-corrected chi connectivity index (χ2v) is 4.38. The van der Waals surface area contributed by atoms with Gasteiger partial charge >= 0.3 is 0 Å². The number of amides is 2. The predicted octanol–water partition coefficient (Wildman–Crippen LogP) is 1.04. The Hall–Kier alpha value is -2.61. The number of carbonyl (C=O) groups excluding carboxylic acids is 2. The maximum Gasteiger partial charge on any atom is 0.277 e. The Morgan fingerprint density at radius 1 is 1.45 bits per heavy atom. The summed E-state index contributed by atoms with van der Waals surface area (Å²) in [7, 11) is 0. The Morgan fingerprint density at radius 2 is 2.30 bits per heavy atom. The van der Waals surface area contributed by atoms with E-state index in [9.17, 15) is 9.59 Å². The summed E-state index contributed by atoms with van der Waals surface area (Å²) in [6, 6.07) is 3.04. The molecule has 3 rings (SSSR count). The monoisotopic (exact) mass is 293 g/mol. The maximum atomic E-state index is 11.8. The van der Waals surface area contributed by atoms with Crippen LogP contribution in [-0.2, 0) is 4.79 Å². The zero-order valence-electron chi connectivity index (χ0n) is 9.94. The molecule has 0 saturated carbocycles. The van der Waals surface area contributed by atoms with Gasteiger partial charge in [0.25, 0.3) is 11.8 Å². The zero-order valence-corrected chi connectivity index (χ0v) is 10.7. The minimum Gasteiger partial charge on any atom is -0.482 e. The molecule has 0 aliphatic carbocycles. The van der Waals surface area contributed by atoms with Crippen molar-refractivity contribution in [3.8, 4) is 5.75 Å². The molecule has 0 spiro atoms. The number of hydrogen-bond donors (Lipinski definition) is 3. The van der Waals surface area contributed by atoms with E-state index in [1.807, 2.05) is 0 Å². The van der Waals surface area contributed by atoms with Gasteiger partial charge in [0.15, 0.2) is 12.3 Å². The number of aromatic nitrogens is 3. The van der Waals surface area contributed by atoms with E-state index in [0.717, 1.165) is 0 Å². The van der Waals surface area contributed by atoms with Crippen LogP contribution in [0.5, 0.6) is 5.75 Å². The molecule has 0 atom stereocenters. The van der Waals surface area contributed by atoms with Crippen LogP contribution in [0.15, 0.2) is 18.3 Å². The molecular formula is C11H8ClN5O3. The summed E-state index contributed by atoms with van der Waals surface area (Å²) in [5.41, 5.74) is 0.952. The normalized spacial score (nSPS) is 13.2. The molecule has 1 aliphatic rings. The van der Waals surface area contributed by atoms with E-state index >= 15 is 0 Å². The Balaban J connectivity index is 1.87. The third-order valence-corrected chi connectivity index (χ3v) is 2.91. The molecule has 0 unspecified atom stereocenters. The highest BCUT2D eigenvalue weighted by Crippen LogP contribution is 2.36. The molecule has 3 N–H and O–H groups in total. The number of hydrogen-bond acceptors (Lipinski definition) is 5. The maximum absolute atomic E-state index is 11.8. The number of anilines is 2. The molecule has 0 saturated heterocycles. The molecule has 2 amide bonds. The molecule has 102 valence electrons. The number of fused-ring (bicyclic) bond motifs is 1. The number of rotatable bonds is 2. The van der Waals surface area contributed by atoms with Gasteiger partial charge in [-0.1, -0.05) is 11.6 Å². The average molecular weight is 294 g/mol. The highest BCUT2D eigenvalue weighted by Gasteiger charge is 2.19. The van der Waals surface area contributed by atoms with Gasteiger partial charge < -0.3 is 15.4 Å². The Labute approximate surface area is 117 Å². The number of ether oxygens (including phenoxy) is 1. The van der Waals surface area contributed by atoms with Gasteiger partial charge in [-0.2, -0.15) is 15.4 Å². The topological polar surface area (TPSA) is 109 Å². The van der Waals surface area contributed by atoms with E-state index in [0.29, 0.717) is 17.1 Å². The molecular weight excluding hydrogens is 286 g/mol. The van der Waals surface area contributed by atoms with Crippen LogP contribution in [0.4, 0.5) is 11.4 Å². The van der Waals surface area contributed by atoms with Crippen molar-refractivity contribution < 1.29 is 14.3 Å². The summed E-state index contributed by atoms with van der Waals surface area (Å²) < 4.78 is 5.25. The lowest BCUT2D eigenvalue weighted by molar-refractivity contribution is -0.118.